The molecule has 0 radical (unpaired) electrons. The number of carbonyl (C=O) groups is 1. The fraction of sp³-hybridized carbons (Fsp3) is 0.200. The molecule has 122 valence electrons. The van der Waals surface area contributed by atoms with E-state index in [0.29, 0.717) is 16.7 Å². The lowest BCUT2D eigenvalue weighted by Gasteiger charge is -2.07. The van der Waals surface area contributed by atoms with E-state index in [1.165, 1.54) is 11.6 Å². The number of aryl methyl sites for hydroxylation is 2. The van der Waals surface area contributed by atoms with Crippen LogP contribution in [0.2, 0.25) is 0 Å². The van der Waals surface area contributed by atoms with Crippen molar-refractivity contribution in [2.45, 2.75) is 26.7 Å². The standard InChI is InChI=1S/C20H19NO3/c1-3-13-5-8-15(9-6-13)21-20(23)19-12-17(22)16-11-14(4-2)7-10-18(16)24-19/h5-12H,3-4H2,1-2H3,(H,21,23). The molecule has 0 aliphatic heterocycles. The average molecular weight is 321 g/mol. The van der Waals surface area contributed by atoms with Gasteiger partial charge in [0.1, 0.15) is 5.58 Å². The van der Waals surface area contributed by atoms with Crippen molar-refractivity contribution in [2.24, 2.45) is 0 Å². The molecule has 0 atom stereocenters. The van der Waals surface area contributed by atoms with Crippen LogP contribution >= 0.6 is 0 Å². The summed E-state index contributed by atoms with van der Waals surface area (Å²) in [5, 5.41) is 3.25. The maximum Gasteiger partial charge on any atom is 0.291 e. The number of fused-ring (bicyclic) bond motifs is 1. The van der Waals surface area contributed by atoms with Gasteiger partial charge < -0.3 is 9.73 Å². The number of amides is 1. The molecule has 0 spiro atoms. The maximum absolute atomic E-state index is 12.3. The number of carbonyl (C=O) groups excluding carboxylic acids is 1. The summed E-state index contributed by atoms with van der Waals surface area (Å²) in [4.78, 5) is 24.6. The second-order valence-corrected chi connectivity index (χ2v) is 5.66. The Balaban J connectivity index is 1.90. The zero-order valence-electron chi connectivity index (χ0n) is 13.8. The summed E-state index contributed by atoms with van der Waals surface area (Å²) in [7, 11) is 0. The Morgan fingerprint density at radius 1 is 0.958 bits per heavy atom. The van der Waals surface area contributed by atoms with Crippen LogP contribution in [0.15, 0.2) is 57.7 Å². The Kier molecular flexibility index (Phi) is 4.47. The van der Waals surface area contributed by atoms with Crippen molar-refractivity contribution in [1.82, 2.24) is 0 Å². The van der Waals surface area contributed by atoms with Crippen LogP contribution in [0.25, 0.3) is 11.0 Å². The predicted molar refractivity (Wildman–Crippen MR) is 95.6 cm³/mol. The minimum Gasteiger partial charge on any atom is -0.451 e. The molecular weight excluding hydrogens is 302 g/mol. The molecule has 1 N–H and O–H groups in total. The van der Waals surface area contributed by atoms with E-state index in [0.717, 1.165) is 18.4 Å². The summed E-state index contributed by atoms with van der Waals surface area (Å²) >= 11 is 0. The second-order valence-electron chi connectivity index (χ2n) is 5.66. The van der Waals surface area contributed by atoms with Crippen molar-refractivity contribution in [2.75, 3.05) is 5.32 Å². The van der Waals surface area contributed by atoms with Crippen molar-refractivity contribution < 1.29 is 9.21 Å². The van der Waals surface area contributed by atoms with E-state index < -0.39 is 5.91 Å². The van der Waals surface area contributed by atoms with Gasteiger partial charge in [-0.15, -0.1) is 0 Å². The first-order valence-electron chi connectivity index (χ1n) is 8.07. The lowest BCUT2D eigenvalue weighted by atomic mass is 10.1. The molecule has 0 aliphatic carbocycles. The Labute approximate surface area is 140 Å². The van der Waals surface area contributed by atoms with E-state index >= 15 is 0 Å². The summed E-state index contributed by atoms with van der Waals surface area (Å²) in [5.74, 6) is -0.422. The van der Waals surface area contributed by atoms with Crippen LogP contribution in [-0.4, -0.2) is 5.91 Å². The van der Waals surface area contributed by atoms with Crippen LogP contribution in [0.1, 0.15) is 35.5 Å². The summed E-state index contributed by atoms with van der Waals surface area (Å²) in [6.45, 7) is 4.09. The fourth-order valence-electron chi connectivity index (χ4n) is 2.55. The van der Waals surface area contributed by atoms with Crippen LogP contribution < -0.4 is 10.7 Å². The van der Waals surface area contributed by atoms with Gasteiger partial charge in [0.2, 0.25) is 0 Å². The molecule has 0 saturated heterocycles. The molecule has 4 heteroatoms. The normalized spacial score (nSPS) is 10.8. The van der Waals surface area contributed by atoms with Gasteiger partial charge in [-0.1, -0.05) is 32.0 Å². The third kappa shape index (κ3) is 3.23. The van der Waals surface area contributed by atoms with Gasteiger partial charge in [0.25, 0.3) is 5.91 Å². The van der Waals surface area contributed by atoms with Gasteiger partial charge in [0.05, 0.1) is 5.39 Å². The molecule has 0 unspecified atom stereocenters. The third-order valence-electron chi connectivity index (χ3n) is 4.04. The molecule has 24 heavy (non-hydrogen) atoms. The van der Waals surface area contributed by atoms with Crippen LogP contribution in [0.4, 0.5) is 5.69 Å². The van der Waals surface area contributed by atoms with Crippen LogP contribution in [0, 0.1) is 0 Å². The first-order chi connectivity index (χ1) is 11.6. The zero-order valence-corrected chi connectivity index (χ0v) is 13.8. The molecule has 4 nitrogen and oxygen atoms in total. The number of nitrogens with one attached hydrogen (secondary N) is 1. The SMILES string of the molecule is CCc1ccc(NC(=O)c2cc(=O)c3cc(CC)ccc3o2)cc1. The summed E-state index contributed by atoms with van der Waals surface area (Å²) in [6, 6.07) is 14.3. The average Bonchev–Trinajstić information content (AvgIpc) is 2.62. The Morgan fingerprint density at radius 2 is 1.62 bits per heavy atom. The number of benzene rings is 2. The predicted octanol–water partition coefficient (Wildman–Crippen LogP) is 4.17. The van der Waals surface area contributed by atoms with E-state index in [1.807, 2.05) is 43.3 Å². The minimum atomic E-state index is -0.433. The van der Waals surface area contributed by atoms with Gasteiger partial charge in [0, 0.05) is 11.8 Å². The molecule has 3 rings (SSSR count). The Bertz CT molecular complexity index is 939. The van der Waals surface area contributed by atoms with E-state index in [-0.39, 0.29) is 11.2 Å². The van der Waals surface area contributed by atoms with Crippen LogP contribution in [-0.2, 0) is 12.8 Å². The van der Waals surface area contributed by atoms with Crippen molar-refractivity contribution >= 4 is 22.6 Å². The molecule has 0 bridgehead atoms. The molecule has 1 amide bonds. The molecule has 0 saturated carbocycles. The highest BCUT2D eigenvalue weighted by molar-refractivity contribution is 6.02. The van der Waals surface area contributed by atoms with E-state index in [1.54, 1.807) is 6.07 Å². The minimum absolute atomic E-state index is 0.0105. The van der Waals surface area contributed by atoms with Gasteiger partial charge in [-0.3, -0.25) is 9.59 Å². The fourth-order valence-corrected chi connectivity index (χ4v) is 2.55. The Morgan fingerprint density at radius 3 is 2.29 bits per heavy atom. The van der Waals surface area contributed by atoms with Crippen molar-refractivity contribution in [3.8, 4) is 0 Å². The number of hydrogen-bond donors (Lipinski definition) is 1. The van der Waals surface area contributed by atoms with Crippen molar-refractivity contribution in [3.63, 3.8) is 0 Å². The molecular formula is C20H19NO3. The second kappa shape index (κ2) is 6.71. The van der Waals surface area contributed by atoms with E-state index in [2.05, 4.69) is 12.2 Å². The molecule has 1 aromatic heterocycles. The van der Waals surface area contributed by atoms with Gasteiger partial charge in [0.15, 0.2) is 11.2 Å². The molecule has 0 aliphatic rings. The molecule has 2 aromatic carbocycles. The van der Waals surface area contributed by atoms with Gasteiger partial charge >= 0.3 is 0 Å². The number of hydrogen-bond acceptors (Lipinski definition) is 3. The highest BCUT2D eigenvalue weighted by Gasteiger charge is 2.13. The summed E-state index contributed by atoms with van der Waals surface area (Å²) in [5.41, 5.74) is 3.13. The topological polar surface area (TPSA) is 59.3 Å². The highest BCUT2D eigenvalue weighted by Crippen LogP contribution is 2.17. The maximum atomic E-state index is 12.3. The van der Waals surface area contributed by atoms with Crippen molar-refractivity contribution in [3.05, 3.63) is 75.6 Å². The first kappa shape index (κ1) is 16.0. The highest BCUT2D eigenvalue weighted by atomic mass is 16.3. The molecule has 1 heterocycles. The third-order valence-corrected chi connectivity index (χ3v) is 4.04. The van der Waals surface area contributed by atoms with Crippen molar-refractivity contribution in [1.29, 1.82) is 0 Å². The number of anilines is 1. The largest absolute Gasteiger partial charge is 0.451 e. The van der Waals surface area contributed by atoms with E-state index in [9.17, 15) is 9.59 Å². The molecule has 0 fully saturated rings. The zero-order chi connectivity index (χ0) is 17.1. The van der Waals surface area contributed by atoms with Gasteiger partial charge in [-0.05, 0) is 48.2 Å². The first-order valence-corrected chi connectivity index (χ1v) is 8.07. The Hall–Kier alpha value is -2.88. The lowest BCUT2D eigenvalue weighted by Crippen LogP contribution is -2.15. The smallest absolute Gasteiger partial charge is 0.291 e. The lowest BCUT2D eigenvalue weighted by molar-refractivity contribution is 0.0997. The quantitative estimate of drug-likeness (QED) is 0.784. The summed E-state index contributed by atoms with van der Waals surface area (Å²) < 4.78 is 5.61. The van der Waals surface area contributed by atoms with Crippen LogP contribution in [0.3, 0.4) is 0 Å². The van der Waals surface area contributed by atoms with Crippen LogP contribution in [0.5, 0.6) is 0 Å². The van der Waals surface area contributed by atoms with Gasteiger partial charge in [-0.25, -0.2) is 0 Å². The van der Waals surface area contributed by atoms with E-state index in [4.69, 9.17) is 4.42 Å². The molecule has 3 aromatic rings. The monoisotopic (exact) mass is 321 g/mol. The number of rotatable bonds is 4. The summed E-state index contributed by atoms with van der Waals surface area (Å²) in [6.07, 6.45) is 1.78. The van der Waals surface area contributed by atoms with Gasteiger partial charge in [-0.2, -0.15) is 0 Å².